The van der Waals surface area contributed by atoms with Crippen LogP contribution in [0.5, 0.6) is 5.75 Å². The summed E-state index contributed by atoms with van der Waals surface area (Å²) >= 11 is 0. The lowest BCUT2D eigenvalue weighted by molar-refractivity contribution is -0.134. The second-order valence-corrected chi connectivity index (χ2v) is 11.9. The highest BCUT2D eigenvalue weighted by atomic mass is 16.5. The number of carboxylic acid groups (broad SMARTS) is 2. The van der Waals surface area contributed by atoms with Gasteiger partial charge >= 0.3 is 11.9 Å². The van der Waals surface area contributed by atoms with Crippen LogP contribution in [0.3, 0.4) is 0 Å². The maximum atomic E-state index is 13.0. The summed E-state index contributed by atoms with van der Waals surface area (Å²) in [5.41, 5.74) is 6.50. The number of nitrogens with two attached hydrogens (primary N) is 1. The number of carbonyl (C=O) groups is 2. The van der Waals surface area contributed by atoms with Crippen LogP contribution in [0.2, 0.25) is 0 Å². The molecule has 8 nitrogen and oxygen atoms in total. The second kappa shape index (κ2) is 18.7. The highest BCUT2D eigenvalue weighted by Crippen LogP contribution is 2.51. The Labute approximate surface area is 259 Å². The first-order valence-corrected chi connectivity index (χ1v) is 16.3. The number of aryl methyl sites for hydroxylation is 1. The second-order valence-electron chi connectivity index (χ2n) is 11.9. The highest BCUT2D eigenvalue weighted by Gasteiger charge is 2.51. The van der Waals surface area contributed by atoms with Gasteiger partial charge in [-0.1, -0.05) is 96.1 Å². The number of unbranched alkanes of at least 4 members (excludes halogenated alkanes) is 12. The summed E-state index contributed by atoms with van der Waals surface area (Å²) in [6.07, 6.45) is 17.0. The summed E-state index contributed by atoms with van der Waals surface area (Å²) < 4.78 is 11.5. The number of likely N-dealkylation sites (N-methyl/N-ethyl adjacent to an activating group) is 1. The summed E-state index contributed by atoms with van der Waals surface area (Å²) in [6, 6.07) is 5.65. The largest absolute Gasteiger partial charge is 0.496 e. The lowest BCUT2D eigenvalue weighted by Crippen LogP contribution is -2.45. The van der Waals surface area contributed by atoms with Gasteiger partial charge in [-0.15, -0.1) is 0 Å². The molecule has 242 valence electrons. The minimum absolute atomic E-state index is 0.00149. The predicted molar refractivity (Wildman–Crippen MR) is 172 cm³/mol. The van der Waals surface area contributed by atoms with Crippen molar-refractivity contribution >= 4 is 11.9 Å². The first-order chi connectivity index (χ1) is 20.7. The van der Waals surface area contributed by atoms with E-state index in [4.69, 9.17) is 15.2 Å². The smallest absolute Gasteiger partial charge is 0.334 e. The van der Waals surface area contributed by atoms with Crippen molar-refractivity contribution in [3.05, 3.63) is 51.9 Å². The maximum Gasteiger partial charge on any atom is 0.334 e. The molecule has 1 aromatic rings. The molecule has 0 aromatic heterocycles. The van der Waals surface area contributed by atoms with Crippen LogP contribution in [-0.2, 0) is 26.2 Å². The zero-order valence-electron chi connectivity index (χ0n) is 27.3. The Morgan fingerprint density at radius 3 is 1.91 bits per heavy atom. The van der Waals surface area contributed by atoms with Crippen LogP contribution in [0.4, 0.5) is 0 Å². The summed E-state index contributed by atoms with van der Waals surface area (Å²) in [7, 11) is 3.22. The van der Waals surface area contributed by atoms with Crippen LogP contribution in [0.1, 0.15) is 115 Å². The Bertz CT molecular complexity index is 1110. The summed E-state index contributed by atoms with van der Waals surface area (Å²) in [5, 5.41) is 21.1. The molecular formula is C35H56N2O6. The summed E-state index contributed by atoms with van der Waals surface area (Å²) in [4.78, 5) is 27.4. The van der Waals surface area contributed by atoms with E-state index < -0.39 is 17.4 Å². The van der Waals surface area contributed by atoms with Gasteiger partial charge < -0.3 is 30.3 Å². The molecule has 0 spiro atoms. The number of ether oxygens (including phenoxy) is 2. The van der Waals surface area contributed by atoms with Gasteiger partial charge in [0.1, 0.15) is 5.75 Å². The number of aliphatic carboxylic acids is 2. The van der Waals surface area contributed by atoms with E-state index in [9.17, 15) is 19.8 Å². The Hall–Kier alpha value is -2.84. The molecule has 0 fully saturated rings. The number of benzene rings is 1. The minimum Gasteiger partial charge on any atom is -0.496 e. The number of hydrogen-bond acceptors (Lipinski definition) is 6. The third-order valence-corrected chi connectivity index (χ3v) is 8.87. The molecule has 1 atom stereocenters. The molecule has 1 heterocycles. The number of nitrogens with zero attached hydrogens (tertiary/aromatic N) is 1. The lowest BCUT2D eigenvalue weighted by Gasteiger charge is -2.43. The normalized spacial score (nSPS) is 17.1. The van der Waals surface area contributed by atoms with Crippen LogP contribution < -0.4 is 10.5 Å². The molecule has 0 bridgehead atoms. The van der Waals surface area contributed by atoms with E-state index >= 15 is 0 Å². The highest BCUT2D eigenvalue weighted by molar-refractivity contribution is 6.01. The van der Waals surface area contributed by atoms with E-state index in [0.717, 1.165) is 24.8 Å². The van der Waals surface area contributed by atoms with Gasteiger partial charge in [0.2, 0.25) is 0 Å². The predicted octanol–water partition coefficient (Wildman–Crippen LogP) is 7.20. The Kier molecular flexibility index (Phi) is 15.8. The first kappa shape index (κ1) is 36.4. The fourth-order valence-electron chi connectivity index (χ4n) is 6.55. The average Bonchev–Trinajstić information content (AvgIpc) is 2.97. The van der Waals surface area contributed by atoms with Crippen molar-refractivity contribution in [3.63, 3.8) is 0 Å². The molecule has 4 N–H and O–H groups in total. The molecule has 0 saturated carbocycles. The summed E-state index contributed by atoms with van der Waals surface area (Å²) in [6.45, 7) is 6.22. The van der Waals surface area contributed by atoms with E-state index in [1.807, 2.05) is 12.1 Å². The number of methoxy groups -OCH3 is 1. The molecule has 0 saturated heterocycles. The van der Waals surface area contributed by atoms with Crippen LogP contribution >= 0.6 is 0 Å². The zero-order valence-corrected chi connectivity index (χ0v) is 27.3. The standard InChI is InChI=1S/C35H56N2O6/c1-6-7-8-9-10-11-12-13-14-15-16-17-18-20-27-21-19-22-29(42-5)31(27)35(3)30(33(38)39)26(2)37(4)28(25-43-24-23-36)32(35)34(40)41/h19,21-22H,6-18,20,23-25,36H2,1-5H3,(H,38,39)(H,40,41). The van der Waals surface area contributed by atoms with Gasteiger partial charge in [-0.05, 0) is 38.3 Å². The fraction of sp³-hybridized carbons (Fsp3) is 0.657. The van der Waals surface area contributed by atoms with Gasteiger partial charge in [-0.3, -0.25) is 0 Å². The number of hydrogen-bond donors (Lipinski definition) is 3. The Morgan fingerprint density at radius 1 is 0.884 bits per heavy atom. The fourth-order valence-corrected chi connectivity index (χ4v) is 6.55. The first-order valence-electron chi connectivity index (χ1n) is 16.3. The molecule has 1 aromatic carbocycles. The van der Waals surface area contributed by atoms with Gasteiger partial charge in [0, 0.05) is 24.9 Å². The molecule has 1 aliphatic rings. The van der Waals surface area contributed by atoms with Gasteiger partial charge in [0.15, 0.2) is 0 Å². The van der Waals surface area contributed by atoms with Crippen molar-refractivity contribution in [3.8, 4) is 5.75 Å². The van der Waals surface area contributed by atoms with Crippen molar-refractivity contribution < 1.29 is 29.3 Å². The van der Waals surface area contributed by atoms with Gasteiger partial charge in [-0.2, -0.15) is 0 Å². The van der Waals surface area contributed by atoms with Crippen LogP contribution in [-0.4, -0.2) is 61.0 Å². The number of rotatable bonds is 22. The molecule has 1 unspecified atom stereocenters. The van der Waals surface area contributed by atoms with Gasteiger partial charge in [-0.25, -0.2) is 9.59 Å². The van der Waals surface area contributed by atoms with E-state index in [-0.39, 0.29) is 24.4 Å². The molecule has 1 aliphatic heterocycles. The zero-order chi connectivity index (χ0) is 31.8. The molecular weight excluding hydrogens is 544 g/mol. The van der Waals surface area contributed by atoms with E-state index in [1.54, 1.807) is 39.0 Å². The van der Waals surface area contributed by atoms with E-state index in [2.05, 4.69) is 6.92 Å². The Balaban J connectivity index is 2.25. The number of allylic oxidation sites excluding steroid dienone is 1. The molecule has 0 amide bonds. The molecule has 2 rings (SSSR count). The average molecular weight is 601 g/mol. The van der Waals surface area contributed by atoms with Crippen molar-refractivity contribution in [1.29, 1.82) is 0 Å². The van der Waals surface area contributed by atoms with Crippen LogP contribution in [0.15, 0.2) is 40.7 Å². The van der Waals surface area contributed by atoms with Crippen molar-refractivity contribution in [1.82, 2.24) is 4.90 Å². The molecule has 43 heavy (non-hydrogen) atoms. The van der Waals surface area contributed by atoms with Crippen molar-refractivity contribution in [2.75, 3.05) is 33.9 Å². The molecule has 0 radical (unpaired) electrons. The van der Waals surface area contributed by atoms with Crippen LogP contribution in [0.25, 0.3) is 0 Å². The van der Waals surface area contributed by atoms with Crippen molar-refractivity contribution in [2.45, 2.75) is 116 Å². The molecule has 0 aliphatic carbocycles. The minimum atomic E-state index is -1.48. The quantitative estimate of drug-likeness (QED) is 0.119. The van der Waals surface area contributed by atoms with E-state index in [0.29, 0.717) is 35.7 Å². The van der Waals surface area contributed by atoms with Crippen molar-refractivity contribution in [2.24, 2.45) is 5.73 Å². The van der Waals surface area contributed by atoms with Gasteiger partial charge in [0.25, 0.3) is 0 Å². The third-order valence-electron chi connectivity index (χ3n) is 8.87. The van der Waals surface area contributed by atoms with E-state index in [1.165, 1.54) is 64.2 Å². The summed E-state index contributed by atoms with van der Waals surface area (Å²) in [5.74, 6) is -1.87. The topological polar surface area (TPSA) is 122 Å². The monoisotopic (exact) mass is 600 g/mol. The number of carboxylic acids is 2. The lowest BCUT2D eigenvalue weighted by atomic mass is 9.65. The molecule has 8 heteroatoms. The van der Waals surface area contributed by atoms with Gasteiger partial charge in [0.05, 0.1) is 42.6 Å². The Morgan fingerprint density at radius 2 is 1.42 bits per heavy atom. The maximum absolute atomic E-state index is 13.0. The SMILES string of the molecule is CCCCCCCCCCCCCCCc1cccc(OC)c1C1(C)C(C(=O)O)=C(C)N(C)C(COCCN)=C1C(=O)O. The third kappa shape index (κ3) is 9.57. The van der Waals surface area contributed by atoms with Crippen LogP contribution in [0, 0.1) is 0 Å².